The molecule has 0 saturated heterocycles. The molecule has 4 saturated carbocycles. The van der Waals surface area contributed by atoms with E-state index in [1.54, 1.807) is 82.6 Å². The van der Waals surface area contributed by atoms with Crippen LogP contribution in [0, 0.1) is 20.8 Å². The molecule has 4 fully saturated rings. The van der Waals surface area contributed by atoms with Gasteiger partial charge in [-0.25, -0.2) is 0 Å². The van der Waals surface area contributed by atoms with Gasteiger partial charge in [0.25, 0.3) is 23.6 Å². The highest BCUT2D eigenvalue weighted by molar-refractivity contribution is 5.98. The number of unbranched alkanes of at least 4 members (excludes halogenated alkanes) is 8. The number of ether oxygens (including phenoxy) is 4. The van der Waals surface area contributed by atoms with Crippen LogP contribution in [-0.2, 0) is 45.3 Å². The molecule has 0 unspecified atom stereocenters. The lowest BCUT2D eigenvalue weighted by molar-refractivity contribution is -0.138. The summed E-state index contributed by atoms with van der Waals surface area (Å²) in [6.45, 7) is 4.30. The van der Waals surface area contributed by atoms with Gasteiger partial charge < -0.3 is 59.0 Å². The number of hydrogen-bond donors (Lipinski definition) is 4. The first-order valence-electron chi connectivity index (χ1n) is 53.0. The lowest BCUT2D eigenvalue weighted by Crippen LogP contribution is -2.32. The van der Waals surface area contributed by atoms with Crippen LogP contribution in [0.4, 0.5) is 0 Å². The zero-order valence-electron chi connectivity index (χ0n) is 87.8. The Morgan fingerprint density at radius 3 is 0.909 bits per heavy atom. The molecule has 20 nitrogen and oxygen atoms in total. The van der Waals surface area contributed by atoms with Gasteiger partial charge in [0.2, 0.25) is 0 Å². The number of nitrogens with zero attached hydrogens (tertiary/aromatic N) is 4. The first-order chi connectivity index (χ1) is 71.9. The highest BCUT2D eigenvalue weighted by atomic mass is 16.5. The number of hydrogen-bond acceptors (Lipinski definition) is 12. The average Bonchev–Trinajstić information content (AvgIpc) is 1.77. The molecule has 13 aromatic carbocycles. The van der Waals surface area contributed by atoms with E-state index in [4.69, 9.17) is 47.6 Å². The van der Waals surface area contributed by atoms with Crippen molar-refractivity contribution in [1.29, 1.82) is 0 Å². The molecule has 0 radical (unpaired) electrons. The van der Waals surface area contributed by atoms with Crippen molar-refractivity contribution < 1.29 is 86.0 Å². The Labute approximate surface area is 848 Å². The molecule has 4 N–H and O–H groups in total. The van der Waals surface area contributed by atoms with Crippen molar-refractivity contribution in [3.8, 4) is 67.5 Å². The van der Waals surface area contributed by atoms with Crippen LogP contribution in [0.2, 0.25) is 0 Å². The van der Waals surface area contributed by atoms with Crippen molar-refractivity contribution in [1.82, 2.24) is 19.6 Å². The number of carbonyl (C=O) groups excluding carboxylic acids is 4. The van der Waals surface area contributed by atoms with Crippen LogP contribution in [0.5, 0.6) is 23.0 Å². The summed E-state index contributed by atoms with van der Waals surface area (Å²) in [5.41, 5.74) is 16.4. The van der Waals surface area contributed by atoms with Crippen LogP contribution in [0.25, 0.3) is 55.3 Å². The van der Waals surface area contributed by atoms with Crippen molar-refractivity contribution in [3.63, 3.8) is 0 Å². The minimum absolute atomic E-state index is 0.129. The van der Waals surface area contributed by atoms with Crippen molar-refractivity contribution >= 4 is 58.3 Å². The van der Waals surface area contributed by atoms with E-state index in [1.807, 2.05) is 202 Å². The predicted molar refractivity (Wildman–Crippen MR) is 563 cm³/mol. The molecular formula is C123H132N4O16. The first-order valence-corrected chi connectivity index (χ1v) is 50.0. The summed E-state index contributed by atoms with van der Waals surface area (Å²) < 4.78 is 77.6. The number of benzene rings is 13. The smallest absolute Gasteiger partial charge is 0.303 e. The molecule has 740 valence electrons. The molecule has 20 heteroatoms. The number of fused-ring (bicyclic) bond motifs is 1. The van der Waals surface area contributed by atoms with Gasteiger partial charge in [-0.1, -0.05) is 236 Å². The molecular weight excluding hydrogens is 1790 g/mol. The fourth-order valence-electron chi connectivity index (χ4n) is 16.8. The minimum atomic E-state index is -2.06. The Balaban J connectivity index is 0.000000157. The van der Waals surface area contributed by atoms with E-state index in [-0.39, 0.29) is 61.4 Å². The molecule has 13 aromatic rings. The van der Waals surface area contributed by atoms with Crippen LogP contribution in [0.15, 0.2) is 309 Å². The van der Waals surface area contributed by atoms with Crippen LogP contribution in [0.3, 0.4) is 0 Å². The minimum Gasteiger partial charge on any atom is -0.493 e. The molecule has 0 heterocycles. The van der Waals surface area contributed by atoms with Gasteiger partial charge in [0.05, 0.1) is 34.7 Å². The fourth-order valence-corrected chi connectivity index (χ4v) is 16.8. The summed E-state index contributed by atoms with van der Waals surface area (Å²) in [6.07, 6.45) is 14.6. The standard InChI is InChI=1S/C33H33NO4.3C30H33NO4/c35-32(36)12-2-1-7-21-38-31-11-6-5-10-29(31)23-34(30-19-20-30)33(37)26-16-13-25(14-17-26)28-18-15-24-8-3-4-9-27(24)22-28;2*1-22-9-4-6-11-27(22)23-14-16-24(17-15-23)30(34)31(26-18-19-26)21-25-10-5-7-12-28(25)35-20-8-2-3-13-29(32)33;1-22-8-7-10-25(20-22)23-13-15-24(16-14-23)30(34)31(27-17-18-27)21-26-9-4-5-11-28(26)35-19-6-2-3-12-29(32)33/h3-6,8-11,13-18,22,30H,1-2,7,12,19-21,23H2,(H,35,36);2*4-7,9-12,14-17,26H,2-3,8,13,18-21H2,1H3,(H,32,33);4-5,7-11,13-16,20,27H,2-3,6,12,17-19,21H2,1H3,(H,32,33)/i30D;26D;2*21D2. The van der Waals surface area contributed by atoms with Gasteiger partial charge >= 0.3 is 23.9 Å². The van der Waals surface area contributed by atoms with Gasteiger partial charge in [0.15, 0.2) is 0 Å². The zero-order chi connectivity index (χ0) is 106. The van der Waals surface area contributed by atoms with Crippen LogP contribution in [0.1, 0.15) is 243 Å². The summed E-state index contributed by atoms with van der Waals surface area (Å²) in [5.74, 6) is -1.96. The maximum Gasteiger partial charge on any atom is 0.303 e. The molecule has 0 aromatic heterocycles. The topological polar surface area (TPSA) is 267 Å². The van der Waals surface area contributed by atoms with E-state index in [0.29, 0.717) is 173 Å². The lowest BCUT2D eigenvalue weighted by atomic mass is 9.99. The van der Waals surface area contributed by atoms with E-state index < -0.39 is 48.9 Å². The molecule has 4 aliphatic carbocycles. The summed E-state index contributed by atoms with van der Waals surface area (Å²) in [5, 5.41) is 37.5. The summed E-state index contributed by atoms with van der Waals surface area (Å²) >= 11 is 0. The predicted octanol–water partition coefficient (Wildman–Crippen LogP) is 26.8. The number of carboxylic acids is 4. The number of aliphatic carboxylic acids is 4. The zero-order valence-corrected chi connectivity index (χ0v) is 81.8. The molecule has 0 bridgehead atoms. The molecule has 0 spiro atoms. The lowest BCUT2D eigenvalue weighted by Gasteiger charge is -2.24. The Morgan fingerprint density at radius 2 is 0.573 bits per heavy atom. The SMILES string of the molecule is [2H]C([2H])(c1ccccc1OCCCCCC(=O)O)N(C(=O)c1ccc(-c2cccc(C)c2)cc1)C1CC1.[2H]C([2H])(c1ccccc1OCCCCCC(=O)O)N(C(=O)c1ccc(-c2ccccc2C)cc1)C1CC1.[2H]C1(N(Cc2ccccc2OCCCCCC(=O)O)C(=O)c2ccc(-c3ccc4ccccc4c3)cc2)CC1.[2H]C1(N(Cc2ccccc2OCCCCCC(=O)O)C(=O)c2ccc(-c3ccccc3C)cc2)CC1. The second kappa shape index (κ2) is 53.1. The third kappa shape index (κ3) is 32.0. The number of carboxylic acid groups (broad SMARTS) is 4. The van der Waals surface area contributed by atoms with Crippen molar-refractivity contribution in [2.45, 2.75) is 225 Å². The highest BCUT2D eigenvalue weighted by Gasteiger charge is 2.38. The van der Waals surface area contributed by atoms with E-state index in [9.17, 15) is 38.4 Å². The van der Waals surface area contributed by atoms with Gasteiger partial charge in [-0.15, -0.1) is 0 Å². The molecule has 0 aliphatic heterocycles. The normalized spacial score (nSPS) is 14.1. The van der Waals surface area contributed by atoms with Crippen LogP contribution >= 0.6 is 0 Å². The van der Waals surface area contributed by atoms with E-state index >= 15 is 0 Å². The summed E-state index contributed by atoms with van der Waals surface area (Å²) in [7, 11) is 0. The third-order valence-corrected chi connectivity index (χ3v) is 25.4. The highest BCUT2D eigenvalue weighted by Crippen LogP contribution is 2.39. The first kappa shape index (κ1) is 95.6. The second-order valence-corrected chi connectivity index (χ2v) is 36.7. The van der Waals surface area contributed by atoms with Crippen molar-refractivity contribution in [2.24, 2.45) is 0 Å². The van der Waals surface area contributed by atoms with Crippen molar-refractivity contribution in [2.75, 3.05) is 26.4 Å². The number of para-hydroxylation sites is 4. The molecule has 17 rings (SSSR count). The molecule has 143 heavy (non-hydrogen) atoms. The van der Waals surface area contributed by atoms with Gasteiger partial charge in [0.1, 0.15) is 23.0 Å². The van der Waals surface area contributed by atoms with Crippen LogP contribution < -0.4 is 18.9 Å². The van der Waals surface area contributed by atoms with Crippen LogP contribution in [-0.4, -0.2) is 138 Å². The quantitative estimate of drug-likeness (QED) is 0.0258. The van der Waals surface area contributed by atoms with Gasteiger partial charge in [0, 0.05) is 120 Å². The van der Waals surface area contributed by atoms with Crippen molar-refractivity contribution in [3.05, 3.63) is 371 Å². The monoisotopic (exact) mass is 1930 g/mol. The number of aryl methyl sites for hydroxylation is 3. The third-order valence-electron chi connectivity index (χ3n) is 25.4. The average molecular weight is 1930 g/mol. The van der Waals surface area contributed by atoms with E-state index in [1.165, 1.54) is 26.1 Å². The van der Waals surface area contributed by atoms with E-state index in [2.05, 4.69) is 55.5 Å². The summed E-state index contributed by atoms with van der Waals surface area (Å²) in [4.78, 5) is 103. The van der Waals surface area contributed by atoms with Gasteiger partial charge in [-0.05, 0) is 294 Å². The van der Waals surface area contributed by atoms with Gasteiger partial charge in [-0.3, -0.25) is 38.4 Å². The second-order valence-electron chi connectivity index (χ2n) is 36.7. The van der Waals surface area contributed by atoms with Gasteiger partial charge in [-0.2, -0.15) is 0 Å². The Hall–Kier alpha value is -14.9. The number of rotatable bonds is 48. The Bertz CT molecular complexity index is 6750. The number of amides is 4. The molecule has 4 amide bonds. The number of carbonyl (C=O) groups is 8. The summed E-state index contributed by atoms with van der Waals surface area (Å²) in [6, 6.07) is 96.0. The Morgan fingerprint density at radius 1 is 0.280 bits per heavy atom. The molecule has 0 atom stereocenters. The fraction of sp³-hybridized carbons (Fsp3) is 0.317. The maximum absolute atomic E-state index is 13.7. The Kier molecular flexibility index (Phi) is 35.5. The van der Waals surface area contributed by atoms with E-state index in [0.717, 1.165) is 118 Å². The maximum atomic E-state index is 13.7. The largest absolute Gasteiger partial charge is 0.493 e. The molecule has 4 aliphatic rings.